The van der Waals surface area contributed by atoms with Crippen molar-refractivity contribution in [3.8, 4) is 11.8 Å². The lowest BCUT2D eigenvalue weighted by atomic mass is 9.59. The maximum atomic E-state index is 13.1. The molecule has 4 unspecified atom stereocenters. The molecule has 4 atom stereocenters. The van der Waals surface area contributed by atoms with Crippen LogP contribution < -0.4 is 0 Å². The minimum absolute atomic E-state index is 0.0404. The van der Waals surface area contributed by atoms with Crippen molar-refractivity contribution in [2.75, 3.05) is 14.1 Å². The molecular weight excluding hydrogens is 376 g/mol. The number of fused-ring (bicyclic) bond motifs is 3. The van der Waals surface area contributed by atoms with Crippen molar-refractivity contribution in [2.24, 2.45) is 11.8 Å². The van der Waals surface area contributed by atoms with E-state index < -0.39 is 52.1 Å². The minimum Gasteiger partial charge on any atom is -0.509 e. The average molecular weight is 396 g/mol. The second kappa shape index (κ2) is 6.17. The maximum absolute atomic E-state index is 13.1. The van der Waals surface area contributed by atoms with Crippen LogP contribution in [-0.2, 0) is 11.2 Å². The molecule has 0 aromatic heterocycles. The summed E-state index contributed by atoms with van der Waals surface area (Å²) in [4.78, 5) is 27.6. The Morgan fingerprint density at radius 2 is 1.90 bits per heavy atom. The molecule has 0 fully saturated rings. The van der Waals surface area contributed by atoms with Crippen molar-refractivity contribution < 1.29 is 30.0 Å². The Hall–Kier alpha value is -3.15. The highest BCUT2D eigenvalue weighted by Crippen LogP contribution is 2.51. The molecule has 0 radical (unpaired) electrons. The number of phenols is 1. The molecule has 0 saturated heterocycles. The summed E-state index contributed by atoms with van der Waals surface area (Å²) in [7, 11) is 3.25. The second-order valence-electron chi connectivity index (χ2n) is 8.02. The predicted octanol–water partition coefficient (Wildman–Crippen LogP) is 1.16. The molecule has 0 bridgehead atoms. The van der Waals surface area contributed by atoms with Gasteiger partial charge in [0.05, 0.1) is 11.6 Å². The number of benzene rings is 1. The number of ketones is 2. The zero-order valence-corrected chi connectivity index (χ0v) is 15.9. The van der Waals surface area contributed by atoms with E-state index in [1.165, 1.54) is 6.07 Å². The fraction of sp³-hybridized carbons (Fsp3) is 0.381. The molecule has 1 aromatic carbocycles. The van der Waals surface area contributed by atoms with Crippen molar-refractivity contribution in [3.05, 3.63) is 52.0 Å². The number of hydrogen-bond donors (Lipinski definition) is 4. The van der Waals surface area contributed by atoms with E-state index in [1.54, 1.807) is 37.2 Å². The Kier molecular flexibility index (Phi) is 4.08. The minimum atomic E-state index is -2.50. The van der Waals surface area contributed by atoms with Crippen LogP contribution in [0.25, 0.3) is 0 Å². The van der Waals surface area contributed by atoms with Gasteiger partial charge >= 0.3 is 0 Å². The molecule has 3 aliphatic carbocycles. The number of aliphatic hydroxyl groups excluding tert-OH is 2. The highest BCUT2D eigenvalue weighted by Gasteiger charge is 2.62. The Morgan fingerprint density at radius 3 is 2.52 bits per heavy atom. The smallest absolute Gasteiger partial charge is 0.216 e. The Balaban J connectivity index is 1.97. The predicted molar refractivity (Wildman–Crippen MR) is 100 cm³/mol. The van der Waals surface area contributed by atoms with Crippen LogP contribution in [0.3, 0.4) is 0 Å². The van der Waals surface area contributed by atoms with E-state index in [9.17, 15) is 35.3 Å². The second-order valence-corrected chi connectivity index (χ2v) is 8.02. The number of Topliss-reactive ketones (excluding diaryl/α,β-unsaturated/α-hetero) is 2. The van der Waals surface area contributed by atoms with Gasteiger partial charge in [-0.2, -0.15) is 5.26 Å². The van der Waals surface area contributed by atoms with Gasteiger partial charge in [0, 0.05) is 11.5 Å². The van der Waals surface area contributed by atoms with Gasteiger partial charge in [0.2, 0.25) is 5.78 Å². The zero-order valence-electron chi connectivity index (χ0n) is 15.9. The summed E-state index contributed by atoms with van der Waals surface area (Å²) in [5.74, 6) is -4.72. The summed E-state index contributed by atoms with van der Waals surface area (Å²) in [5.41, 5.74) is -2.61. The zero-order chi connectivity index (χ0) is 21.2. The van der Waals surface area contributed by atoms with Gasteiger partial charge in [0.25, 0.3) is 0 Å². The molecule has 4 N–H and O–H groups in total. The molecule has 0 spiro atoms. The van der Waals surface area contributed by atoms with Crippen molar-refractivity contribution in [1.29, 1.82) is 5.26 Å². The van der Waals surface area contributed by atoms with E-state index in [4.69, 9.17) is 0 Å². The van der Waals surface area contributed by atoms with Gasteiger partial charge in [-0.25, -0.2) is 0 Å². The van der Waals surface area contributed by atoms with Crippen LogP contribution >= 0.6 is 0 Å². The van der Waals surface area contributed by atoms with Crippen LogP contribution in [0.1, 0.15) is 22.3 Å². The van der Waals surface area contributed by atoms with Crippen LogP contribution in [0.2, 0.25) is 0 Å². The first-order chi connectivity index (χ1) is 13.6. The fourth-order valence-corrected chi connectivity index (χ4v) is 5.06. The quantitative estimate of drug-likeness (QED) is 0.554. The van der Waals surface area contributed by atoms with Crippen molar-refractivity contribution >= 4 is 11.6 Å². The molecule has 8 heteroatoms. The van der Waals surface area contributed by atoms with E-state index in [2.05, 4.69) is 0 Å². The maximum Gasteiger partial charge on any atom is 0.216 e. The lowest BCUT2D eigenvalue weighted by Crippen LogP contribution is -2.62. The van der Waals surface area contributed by atoms with E-state index in [1.807, 2.05) is 0 Å². The molecule has 3 aliphatic rings. The van der Waals surface area contributed by atoms with Gasteiger partial charge < -0.3 is 20.4 Å². The monoisotopic (exact) mass is 396 g/mol. The van der Waals surface area contributed by atoms with Crippen LogP contribution in [0.4, 0.5) is 0 Å². The summed E-state index contributed by atoms with van der Waals surface area (Å²) in [6.07, 6.45) is 0.458. The van der Waals surface area contributed by atoms with Gasteiger partial charge in [0.1, 0.15) is 28.9 Å². The topological polar surface area (TPSA) is 142 Å². The van der Waals surface area contributed by atoms with Gasteiger partial charge in [0.15, 0.2) is 11.4 Å². The standard InChI is InChI=1S/C21H20N2O6/c1-23(2)16-12-7-10-6-9-4-3-5-13(24)14(9)18(26)15(10)20(28)21(12,29)19(27)11(8-22)17(16)25/h3-5,10,12,16,24-25,28-29H,6-7H2,1-2H3. The van der Waals surface area contributed by atoms with Crippen LogP contribution in [0, 0.1) is 23.2 Å². The lowest BCUT2D eigenvalue weighted by Gasteiger charge is -2.49. The number of phenolic OH excluding ortho intramolecular Hbond substituents is 1. The van der Waals surface area contributed by atoms with Crippen LogP contribution in [-0.4, -0.2) is 62.6 Å². The molecule has 4 rings (SSSR count). The largest absolute Gasteiger partial charge is 0.509 e. The lowest BCUT2D eigenvalue weighted by molar-refractivity contribution is -0.146. The van der Waals surface area contributed by atoms with Gasteiger partial charge in [-0.15, -0.1) is 0 Å². The van der Waals surface area contributed by atoms with Gasteiger partial charge in [-0.05, 0) is 44.5 Å². The van der Waals surface area contributed by atoms with E-state index in [0.29, 0.717) is 12.0 Å². The first-order valence-electron chi connectivity index (χ1n) is 9.20. The van der Waals surface area contributed by atoms with Crippen LogP contribution in [0.5, 0.6) is 5.75 Å². The highest BCUT2D eigenvalue weighted by atomic mass is 16.3. The molecule has 0 aliphatic heterocycles. The van der Waals surface area contributed by atoms with Crippen LogP contribution in [0.15, 0.2) is 40.9 Å². The molecule has 0 saturated carbocycles. The number of allylic oxidation sites excluding steroid dienone is 1. The fourth-order valence-electron chi connectivity index (χ4n) is 5.06. The normalized spacial score (nSPS) is 31.3. The Morgan fingerprint density at radius 1 is 1.21 bits per heavy atom. The third-order valence-corrected chi connectivity index (χ3v) is 6.33. The molecule has 150 valence electrons. The molecule has 8 nitrogen and oxygen atoms in total. The number of nitrogens with zero attached hydrogens (tertiary/aromatic N) is 2. The summed E-state index contributed by atoms with van der Waals surface area (Å²) in [6.45, 7) is 0. The first kappa shape index (κ1) is 19.2. The number of aromatic hydroxyl groups is 1. The number of likely N-dealkylation sites (N-methyl/N-ethyl adjacent to an activating group) is 1. The third kappa shape index (κ3) is 2.32. The first-order valence-corrected chi connectivity index (χ1v) is 9.20. The van der Waals surface area contributed by atoms with Crippen molar-refractivity contribution in [1.82, 2.24) is 4.90 Å². The SMILES string of the molecule is CN(C)C1C(O)=C(C#N)C(=O)C2(O)C(O)=C3C(=O)c4c(O)cccc4CC3CC12. The summed E-state index contributed by atoms with van der Waals surface area (Å²) in [6, 6.07) is 5.41. The number of carbonyl (C=O) groups excluding carboxylic acids is 2. The molecule has 0 amide bonds. The molecule has 1 aromatic rings. The summed E-state index contributed by atoms with van der Waals surface area (Å²) >= 11 is 0. The molecule has 0 heterocycles. The highest BCUT2D eigenvalue weighted by molar-refractivity contribution is 6.15. The summed E-state index contributed by atoms with van der Waals surface area (Å²) in [5, 5.41) is 52.4. The van der Waals surface area contributed by atoms with Gasteiger partial charge in [-0.1, -0.05) is 12.1 Å². The Labute approximate surface area is 166 Å². The number of nitriles is 1. The Bertz CT molecular complexity index is 1060. The van der Waals surface area contributed by atoms with Crippen molar-refractivity contribution in [2.45, 2.75) is 24.5 Å². The molecular formula is C21H20N2O6. The number of carbonyl (C=O) groups is 2. The summed E-state index contributed by atoms with van der Waals surface area (Å²) < 4.78 is 0. The van der Waals surface area contributed by atoms with Gasteiger partial charge in [-0.3, -0.25) is 14.5 Å². The molecule has 29 heavy (non-hydrogen) atoms. The van der Waals surface area contributed by atoms with Crippen molar-refractivity contribution in [3.63, 3.8) is 0 Å². The number of hydrogen-bond acceptors (Lipinski definition) is 8. The van der Waals surface area contributed by atoms with E-state index >= 15 is 0 Å². The number of rotatable bonds is 1. The number of aliphatic hydroxyl groups is 3. The average Bonchev–Trinajstić information content (AvgIpc) is 2.65. The van der Waals surface area contributed by atoms with E-state index in [-0.39, 0.29) is 23.3 Å². The van der Waals surface area contributed by atoms with E-state index in [0.717, 1.165) is 0 Å². The third-order valence-electron chi connectivity index (χ3n) is 6.33.